The second kappa shape index (κ2) is 7.58. The predicted octanol–water partition coefficient (Wildman–Crippen LogP) is 2.92. The molecule has 3 rings (SSSR count). The van der Waals surface area contributed by atoms with Crippen molar-refractivity contribution in [2.45, 2.75) is 0 Å². The van der Waals surface area contributed by atoms with Crippen molar-refractivity contribution in [3.63, 3.8) is 0 Å². The van der Waals surface area contributed by atoms with Gasteiger partial charge >= 0.3 is 6.03 Å². The van der Waals surface area contributed by atoms with E-state index in [0.29, 0.717) is 24.3 Å². The van der Waals surface area contributed by atoms with Gasteiger partial charge in [0.15, 0.2) is 0 Å². The van der Waals surface area contributed by atoms with Crippen molar-refractivity contribution in [1.82, 2.24) is 4.90 Å². The van der Waals surface area contributed by atoms with E-state index >= 15 is 0 Å². The number of urea groups is 1. The van der Waals surface area contributed by atoms with Crippen LogP contribution in [0.4, 0.5) is 16.2 Å². The first-order chi connectivity index (χ1) is 12.2. The van der Waals surface area contributed by atoms with Crippen LogP contribution in [-0.2, 0) is 0 Å². The number of nitriles is 1. The Hall–Kier alpha value is -3.20. The highest BCUT2D eigenvalue weighted by Crippen LogP contribution is 2.22. The Morgan fingerprint density at radius 2 is 1.88 bits per heavy atom. The number of piperazine rings is 1. The molecule has 25 heavy (non-hydrogen) atoms. The molecule has 1 heterocycles. The van der Waals surface area contributed by atoms with Gasteiger partial charge in [-0.05, 0) is 30.3 Å². The maximum Gasteiger partial charge on any atom is 0.321 e. The van der Waals surface area contributed by atoms with Crippen molar-refractivity contribution in [1.29, 1.82) is 5.26 Å². The van der Waals surface area contributed by atoms with Crippen molar-refractivity contribution < 1.29 is 9.53 Å². The van der Waals surface area contributed by atoms with Crippen molar-refractivity contribution in [3.05, 3.63) is 54.1 Å². The molecule has 6 heteroatoms. The first-order valence-corrected chi connectivity index (χ1v) is 8.14. The van der Waals surface area contributed by atoms with E-state index in [4.69, 9.17) is 10.00 Å². The Kier molecular flexibility index (Phi) is 5.05. The quantitative estimate of drug-likeness (QED) is 0.936. The molecule has 0 atom stereocenters. The molecule has 0 aromatic heterocycles. The Morgan fingerprint density at radius 3 is 2.60 bits per heavy atom. The van der Waals surface area contributed by atoms with Gasteiger partial charge in [-0.25, -0.2) is 4.79 Å². The zero-order valence-electron chi connectivity index (χ0n) is 14.1. The van der Waals surface area contributed by atoms with E-state index in [-0.39, 0.29) is 6.03 Å². The smallest absolute Gasteiger partial charge is 0.321 e. The summed E-state index contributed by atoms with van der Waals surface area (Å²) in [7, 11) is 1.66. The molecule has 1 aliphatic rings. The van der Waals surface area contributed by atoms with E-state index in [1.165, 1.54) is 0 Å². The SMILES string of the molecule is COc1cccc(N2CCN(C(=O)Nc3cccc(C#N)c3)CC2)c1. The van der Waals surface area contributed by atoms with Crippen LogP contribution < -0.4 is 15.0 Å². The van der Waals surface area contributed by atoms with Gasteiger partial charge in [0.2, 0.25) is 0 Å². The van der Waals surface area contributed by atoms with Crippen LogP contribution in [0.5, 0.6) is 5.75 Å². The summed E-state index contributed by atoms with van der Waals surface area (Å²) >= 11 is 0. The van der Waals surface area contributed by atoms with Gasteiger partial charge in [0.1, 0.15) is 5.75 Å². The molecule has 0 bridgehead atoms. The minimum Gasteiger partial charge on any atom is -0.497 e. The second-order valence-electron chi connectivity index (χ2n) is 5.80. The predicted molar refractivity (Wildman–Crippen MR) is 97.0 cm³/mol. The van der Waals surface area contributed by atoms with Gasteiger partial charge in [-0.1, -0.05) is 12.1 Å². The van der Waals surface area contributed by atoms with E-state index in [0.717, 1.165) is 24.5 Å². The number of hydrogen-bond acceptors (Lipinski definition) is 4. The lowest BCUT2D eigenvalue weighted by molar-refractivity contribution is 0.208. The van der Waals surface area contributed by atoms with Gasteiger partial charge < -0.3 is 19.9 Å². The third kappa shape index (κ3) is 4.01. The fraction of sp³-hybridized carbons (Fsp3) is 0.263. The summed E-state index contributed by atoms with van der Waals surface area (Å²) in [5.41, 5.74) is 2.26. The fourth-order valence-electron chi connectivity index (χ4n) is 2.84. The third-order valence-electron chi connectivity index (χ3n) is 4.23. The van der Waals surface area contributed by atoms with Crippen molar-refractivity contribution in [3.8, 4) is 11.8 Å². The summed E-state index contributed by atoms with van der Waals surface area (Å²) in [6, 6.07) is 16.8. The van der Waals surface area contributed by atoms with Gasteiger partial charge in [0.05, 0.1) is 18.7 Å². The highest BCUT2D eigenvalue weighted by molar-refractivity contribution is 5.89. The first-order valence-electron chi connectivity index (χ1n) is 8.14. The zero-order chi connectivity index (χ0) is 17.6. The number of benzene rings is 2. The van der Waals surface area contributed by atoms with Crippen LogP contribution in [0.25, 0.3) is 0 Å². The van der Waals surface area contributed by atoms with Crippen molar-refractivity contribution >= 4 is 17.4 Å². The van der Waals surface area contributed by atoms with Crippen LogP contribution in [0.15, 0.2) is 48.5 Å². The average molecular weight is 336 g/mol. The van der Waals surface area contributed by atoms with Gasteiger partial charge in [0.25, 0.3) is 0 Å². The van der Waals surface area contributed by atoms with Crippen LogP contribution >= 0.6 is 0 Å². The van der Waals surface area contributed by atoms with E-state index in [2.05, 4.69) is 16.3 Å². The average Bonchev–Trinajstić information content (AvgIpc) is 2.68. The normalized spacial score (nSPS) is 13.9. The molecule has 6 nitrogen and oxygen atoms in total. The van der Waals surface area contributed by atoms with Crippen LogP contribution in [0.1, 0.15) is 5.56 Å². The Balaban J connectivity index is 1.58. The number of hydrogen-bond donors (Lipinski definition) is 1. The summed E-state index contributed by atoms with van der Waals surface area (Å²) in [6.45, 7) is 2.81. The zero-order valence-corrected chi connectivity index (χ0v) is 14.1. The Morgan fingerprint density at radius 1 is 1.12 bits per heavy atom. The lowest BCUT2D eigenvalue weighted by atomic mass is 10.2. The molecule has 1 saturated heterocycles. The second-order valence-corrected chi connectivity index (χ2v) is 5.80. The summed E-state index contributed by atoms with van der Waals surface area (Å²) in [5, 5.41) is 11.8. The van der Waals surface area contributed by atoms with Crippen molar-refractivity contribution in [2.24, 2.45) is 0 Å². The van der Waals surface area contributed by atoms with E-state index in [9.17, 15) is 4.79 Å². The van der Waals surface area contributed by atoms with E-state index in [1.54, 1.807) is 36.3 Å². The maximum atomic E-state index is 12.4. The lowest BCUT2D eigenvalue weighted by Gasteiger charge is -2.36. The highest BCUT2D eigenvalue weighted by Gasteiger charge is 2.21. The highest BCUT2D eigenvalue weighted by atomic mass is 16.5. The number of rotatable bonds is 3. The summed E-state index contributed by atoms with van der Waals surface area (Å²) < 4.78 is 5.27. The number of amides is 2. The number of anilines is 2. The van der Waals surface area contributed by atoms with Gasteiger partial charge in [-0.15, -0.1) is 0 Å². The molecule has 0 unspecified atom stereocenters. The van der Waals surface area contributed by atoms with E-state index in [1.807, 2.05) is 24.3 Å². The van der Waals surface area contributed by atoms with Gasteiger partial charge in [-0.2, -0.15) is 5.26 Å². The van der Waals surface area contributed by atoms with Crippen LogP contribution in [0.2, 0.25) is 0 Å². The Labute approximate surface area is 147 Å². The number of nitrogens with zero attached hydrogens (tertiary/aromatic N) is 3. The number of nitrogens with one attached hydrogen (secondary N) is 1. The van der Waals surface area contributed by atoms with Crippen LogP contribution in [-0.4, -0.2) is 44.2 Å². The summed E-state index contributed by atoms with van der Waals surface area (Å²) in [6.07, 6.45) is 0. The minimum absolute atomic E-state index is 0.139. The lowest BCUT2D eigenvalue weighted by Crippen LogP contribution is -2.50. The fourth-order valence-corrected chi connectivity index (χ4v) is 2.84. The van der Waals surface area contributed by atoms with Gasteiger partial charge in [-0.3, -0.25) is 0 Å². The number of methoxy groups -OCH3 is 1. The molecule has 1 N–H and O–H groups in total. The number of carbonyl (C=O) groups is 1. The summed E-state index contributed by atoms with van der Waals surface area (Å²) in [5.74, 6) is 0.829. The molecule has 1 fully saturated rings. The minimum atomic E-state index is -0.139. The first kappa shape index (κ1) is 16.7. The maximum absolute atomic E-state index is 12.4. The van der Waals surface area contributed by atoms with Gasteiger partial charge in [0, 0.05) is 43.6 Å². The molecule has 2 amide bonds. The monoisotopic (exact) mass is 336 g/mol. The molecule has 0 spiro atoms. The van der Waals surface area contributed by atoms with Crippen LogP contribution in [0, 0.1) is 11.3 Å². The summed E-state index contributed by atoms with van der Waals surface area (Å²) in [4.78, 5) is 16.4. The topological polar surface area (TPSA) is 68.6 Å². The molecule has 0 saturated carbocycles. The molecule has 2 aromatic rings. The number of carbonyl (C=O) groups excluding carboxylic acids is 1. The molecule has 0 radical (unpaired) electrons. The molecule has 0 aliphatic carbocycles. The number of ether oxygens (including phenoxy) is 1. The largest absolute Gasteiger partial charge is 0.497 e. The standard InChI is InChI=1S/C19H20N4O2/c1-25-18-7-3-6-17(13-18)22-8-10-23(11-9-22)19(24)21-16-5-2-4-15(12-16)14-20/h2-7,12-13H,8-11H2,1H3,(H,21,24). The molecule has 1 aliphatic heterocycles. The third-order valence-corrected chi connectivity index (χ3v) is 4.23. The molecule has 128 valence electrons. The van der Waals surface area contributed by atoms with E-state index < -0.39 is 0 Å². The molecular formula is C19H20N4O2. The molecular weight excluding hydrogens is 316 g/mol. The van der Waals surface area contributed by atoms with Crippen LogP contribution in [0.3, 0.4) is 0 Å². The Bertz CT molecular complexity index is 792. The molecule has 2 aromatic carbocycles. The van der Waals surface area contributed by atoms with Crippen molar-refractivity contribution in [2.75, 3.05) is 43.5 Å².